The summed E-state index contributed by atoms with van der Waals surface area (Å²) in [5, 5.41) is 29.7. The van der Waals surface area contributed by atoms with Crippen LogP contribution < -0.4 is 55.7 Å². The van der Waals surface area contributed by atoms with Crippen LogP contribution in [0.4, 0.5) is 13.2 Å². The molecular formula is C82H87BBrClF3LiN6O12. The Morgan fingerprint density at radius 2 is 0.804 bits per heavy atom. The van der Waals surface area contributed by atoms with E-state index in [4.69, 9.17) is 50.9 Å². The molecular weight excluding hydrogens is 1450 g/mol. The van der Waals surface area contributed by atoms with Crippen molar-refractivity contribution in [3.8, 4) is 39.5 Å². The maximum atomic E-state index is 15.2. The number of nitrogens with two attached hydrogens (primary N) is 3. The van der Waals surface area contributed by atoms with E-state index in [1.165, 1.54) is 23.6 Å². The molecule has 10 N–H and O–H groups in total. The monoisotopic (exact) mass is 1540 g/mol. The van der Waals surface area contributed by atoms with E-state index in [1.54, 1.807) is 37.3 Å². The molecule has 0 bridgehead atoms. The molecule has 25 heteroatoms. The van der Waals surface area contributed by atoms with Crippen molar-refractivity contribution in [1.82, 2.24) is 13.7 Å². The SMILES string of the molecule is CCOC(=O)Cc1ccc(C)cc1OCc1cc(-c2cccc(CN)c2F)c2ccn(C)c2c1.CCOC(=O)Cc1ccc(C)cc1OCc1cc(Br)c2ccn(C)c2c1.Cc1ccc(CC(=O)O)c(OCc2cc(-c3cccc(CN)c3F)c3ccn(C)c3c2)c1.Cl.NCc1cccc(B(O)O)c1F.[Li+].[OH-]. The summed E-state index contributed by atoms with van der Waals surface area (Å²) in [4.78, 5) is 35.1. The molecule has 0 saturated carbocycles. The number of halogens is 5. The molecule has 107 heavy (non-hydrogen) atoms. The Morgan fingerprint density at radius 3 is 1.17 bits per heavy atom. The fourth-order valence-corrected chi connectivity index (χ4v) is 12.6. The number of hydrogen-bond donors (Lipinski definition) is 6. The van der Waals surface area contributed by atoms with Gasteiger partial charge in [-0.3, -0.25) is 14.4 Å². The molecule has 0 saturated heterocycles. The standard InChI is InChI=1S/C28H29FN2O3.C26H25FN2O3.C21H22BrNO3.C7H9BFNO2.ClH.Li.H2O/c1-4-33-27(32)15-20-9-8-18(2)12-26(20)34-17-19-13-24(22-10-11-31(3)25(22)14-19)23-7-5-6-21(16-30)28(23)29;1-16-6-7-18(13-25(30)31)24(10-16)32-15-17-11-22(20-8-9-29(2)23(20)12-17)21-5-3-4-19(14-28)26(21)27;1-4-25-21(24)12-16-6-5-14(2)9-20(16)26-13-15-10-18(22)17-7-8-23(3)19(17)11-15;9-7-5(4-10)2-1-3-6(7)8(11)12;;;/h5-14H,4,15-17,30H2,1-3H3;3-12H,13-15,28H2,1-2H3,(H,30,31);5-11H,4,12-13H2,1-3H3;1-3,11-12H,4,10H2;1H;;1H2/q;;;;;+1;/p-1. The summed E-state index contributed by atoms with van der Waals surface area (Å²) in [5.74, 6) is -0.815. The molecule has 0 unspecified atom stereocenters. The Kier molecular flexibility index (Phi) is 32.6. The van der Waals surface area contributed by atoms with Gasteiger partial charge in [0.25, 0.3) is 0 Å². The number of ether oxygens (including phenoxy) is 5. The Labute approximate surface area is 647 Å². The zero-order chi connectivity index (χ0) is 74.9. The normalized spacial score (nSPS) is 10.6. The van der Waals surface area contributed by atoms with Crippen LogP contribution in [0, 0.1) is 38.2 Å². The number of aromatic nitrogens is 3. The molecule has 0 aliphatic rings. The summed E-state index contributed by atoms with van der Waals surface area (Å²) in [6.45, 7) is 11.5. The minimum atomic E-state index is -1.78. The van der Waals surface area contributed by atoms with E-state index in [1.807, 2.05) is 174 Å². The first kappa shape index (κ1) is 86.3. The van der Waals surface area contributed by atoms with Crippen LogP contribution in [-0.2, 0) is 104 Å². The first-order valence-electron chi connectivity index (χ1n) is 33.8. The number of aryl methyl sites for hydroxylation is 6. The fourth-order valence-electron chi connectivity index (χ4n) is 12.0. The second kappa shape index (κ2) is 40.4. The third-order valence-corrected chi connectivity index (χ3v) is 18.1. The van der Waals surface area contributed by atoms with Gasteiger partial charge in [0.1, 0.15) is 54.5 Å². The Morgan fingerprint density at radius 1 is 0.458 bits per heavy atom. The zero-order valence-corrected chi connectivity index (χ0v) is 63.6. The van der Waals surface area contributed by atoms with Gasteiger partial charge in [0, 0.05) is 147 Å². The predicted octanol–water partition coefficient (Wildman–Crippen LogP) is 11.5. The number of benzene rings is 9. The number of aliphatic carboxylic acids is 1. The number of carboxylic acid groups (broad SMARTS) is 1. The average Bonchev–Trinajstić information content (AvgIpc) is 1.71. The minimum absolute atomic E-state index is 0. The molecule has 0 atom stereocenters. The van der Waals surface area contributed by atoms with Gasteiger partial charge < -0.3 is 75.2 Å². The molecule has 12 rings (SSSR count). The molecule has 12 aromatic rings. The molecule has 0 radical (unpaired) electrons. The summed E-state index contributed by atoms with van der Waals surface area (Å²) in [5.41, 5.74) is 31.5. The van der Waals surface area contributed by atoms with Crippen molar-refractivity contribution in [2.75, 3.05) is 13.2 Å². The first-order valence-corrected chi connectivity index (χ1v) is 34.6. The van der Waals surface area contributed by atoms with Crippen LogP contribution in [0.5, 0.6) is 17.2 Å². The van der Waals surface area contributed by atoms with Crippen molar-refractivity contribution in [2.45, 2.75) is 93.3 Å². The van der Waals surface area contributed by atoms with Gasteiger partial charge in [-0.25, -0.2) is 13.2 Å². The van der Waals surface area contributed by atoms with E-state index < -0.39 is 18.9 Å². The van der Waals surface area contributed by atoms with Gasteiger partial charge in [0.2, 0.25) is 0 Å². The molecule has 9 aromatic carbocycles. The Hall–Kier alpha value is -9.61. The molecule has 3 heterocycles. The number of carbonyl (C=O) groups is 3. The topological polar surface area (TPSA) is 281 Å². The second-order valence-corrected chi connectivity index (χ2v) is 25.9. The number of carboxylic acids is 1. The van der Waals surface area contributed by atoms with Gasteiger partial charge in [0.05, 0.1) is 32.5 Å². The fraction of sp³-hybridized carbons (Fsp3) is 0.232. The first-order chi connectivity index (χ1) is 49.9. The van der Waals surface area contributed by atoms with Gasteiger partial charge >= 0.3 is 43.9 Å². The third-order valence-electron chi connectivity index (χ3n) is 17.4. The van der Waals surface area contributed by atoms with Crippen molar-refractivity contribution < 1.29 is 90.7 Å². The minimum Gasteiger partial charge on any atom is -0.870 e. The van der Waals surface area contributed by atoms with Crippen LogP contribution in [0.15, 0.2) is 187 Å². The maximum absolute atomic E-state index is 15.2. The second-order valence-electron chi connectivity index (χ2n) is 25.0. The number of nitrogens with zero attached hydrogens (tertiary/aromatic N) is 3. The zero-order valence-electron chi connectivity index (χ0n) is 61.2. The average molecular weight is 1540 g/mol. The van der Waals surface area contributed by atoms with Gasteiger partial charge in [-0.2, -0.15) is 0 Å². The molecule has 18 nitrogen and oxygen atoms in total. The largest absolute Gasteiger partial charge is 1.00 e. The molecule has 0 amide bonds. The number of carbonyl (C=O) groups excluding carboxylic acids is 2. The molecule has 0 aliphatic carbocycles. The molecule has 0 fully saturated rings. The van der Waals surface area contributed by atoms with Crippen LogP contribution in [-0.4, -0.2) is 72.6 Å². The number of hydrogen-bond acceptors (Lipinski definition) is 14. The number of esters is 2. The van der Waals surface area contributed by atoms with E-state index in [2.05, 4.69) is 38.7 Å². The van der Waals surface area contributed by atoms with E-state index in [9.17, 15) is 23.9 Å². The number of fused-ring (bicyclic) bond motifs is 3. The van der Waals surface area contributed by atoms with E-state index in [0.717, 1.165) is 93.2 Å². The van der Waals surface area contributed by atoms with Crippen molar-refractivity contribution in [3.05, 3.63) is 271 Å². The maximum Gasteiger partial charge on any atom is 1.00 e. The van der Waals surface area contributed by atoms with E-state index in [-0.39, 0.29) is 123 Å². The van der Waals surface area contributed by atoms with Crippen LogP contribution >= 0.6 is 28.3 Å². The van der Waals surface area contributed by atoms with Crippen molar-refractivity contribution >= 4 is 91.5 Å². The third kappa shape index (κ3) is 22.0. The number of rotatable bonds is 23. The van der Waals surface area contributed by atoms with Crippen molar-refractivity contribution in [1.29, 1.82) is 0 Å². The van der Waals surface area contributed by atoms with Crippen LogP contribution in [0.25, 0.3) is 55.0 Å². The summed E-state index contributed by atoms with van der Waals surface area (Å²) in [6, 6.07) is 50.2. The molecule has 3 aromatic heterocycles. The van der Waals surface area contributed by atoms with Crippen LogP contribution in [0.2, 0.25) is 0 Å². The molecule has 0 aliphatic heterocycles. The van der Waals surface area contributed by atoms with Gasteiger partial charge in [-0.05, 0) is 152 Å². The van der Waals surface area contributed by atoms with Gasteiger partial charge in [-0.1, -0.05) is 107 Å². The summed E-state index contributed by atoms with van der Waals surface area (Å²) < 4.78 is 79.0. The Bertz CT molecular complexity index is 5070. The molecule has 0 spiro atoms. The quantitative estimate of drug-likeness (QED) is 0.0256. The van der Waals surface area contributed by atoms with Gasteiger partial charge in [-0.15, -0.1) is 12.4 Å². The van der Waals surface area contributed by atoms with Crippen LogP contribution in [0.3, 0.4) is 0 Å². The smallest absolute Gasteiger partial charge is 0.870 e. The Balaban J connectivity index is 0.000000231. The van der Waals surface area contributed by atoms with Crippen molar-refractivity contribution in [2.24, 2.45) is 38.3 Å². The summed E-state index contributed by atoms with van der Waals surface area (Å²) in [6.07, 6.45) is 6.18. The van der Waals surface area contributed by atoms with E-state index >= 15 is 8.78 Å². The summed E-state index contributed by atoms with van der Waals surface area (Å²) >= 11 is 3.63. The van der Waals surface area contributed by atoms with Gasteiger partial charge in [0.15, 0.2) is 0 Å². The summed E-state index contributed by atoms with van der Waals surface area (Å²) in [7, 11) is 4.14. The predicted molar refractivity (Wildman–Crippen MR) is 415 cm³/mol. The van der Waals surface area contributed by atoms with E-state index in [0.29, 0.717) is 59.1 Å². The van der Waals surface area contributed by atoms with Crippen molar-refractivity contribution in [3.63, 3.8) is 0 Å². The molecule has 556 valence electrons. The van der Waals surface area contributed by atoms with Crippen LogP contribution in [0.1, 0.15) is 80.6 Å².